The van der Waals surface area contributed by atoms with Crippen molar-refractivity contribution in [2.45, 2.75) is 0 Å². The molecule has 0 unspecified atom stereocenters. The Labute approximate surface area is 106 Å². The zero-order valence-corrected chi connectivity index (χ0v) is 10.5. The maximum absolute atomic E-state index is 5.57. The van der Waals surface area contributed by atoms with E-state index in [4.69, 9.17) is 14.2 Å². The van der Waals surface area contributed by atoms with Crippen LogP contribution in [0.5, 0.6) is 5.75 Å². The summed E-state index contributed by atoms with van der Waals surface area (Å²) in [6.45, 7) is 2.27. The van der Waals surface area contributed by atoms with Gasteiger partial charge in [0, 0.05) is 12.5 Å². The first-order valence-corrected chi connectivity index (χ1v) is 5.94. The van der Waals surface area contributed by atoms with Gasteiger partial charge in [-0.15, -0.1) is 0 Å². The average Bonchev–Trinajstić information content (AvgIpc) is 2.42. The van der Waals surface area contributed by atoms with Crippen LogP contribution in [0.3, 0.4) is 0 Å². The first-order valence-electron chi connectivity index (χ1n) is 5.94. The second kappa shape index (κ2) is 6.93. The Kier molecular flexibility index (Phi) is 4.93. The molecule has 2 aromatic rings. The van der Waals surface area contributed by atoms with Gasteiger partial charge in [0.1, 0.15) is 12.4 Å². The quantitative estimate of drug-likeness (QED) is 0.704. The van der Waals surface area contributed by atoms with Crippen molar-refractivity contribution in [3.05, 3.63) is 36.5 Å². The lowest BCUT2D eigenvalue weighted by Crippen LogP contribution is -2.10. The van der Waals surface area contributed by atoms with Gasteiger partial charge in [-0.1, -0.05) is 18.2 Å². The molecule has 0 amide bonds. The lowest BCUT2D eigenvalue weighted by Gasteiger charge is -2.07. The van der Waals surface area contributed by atoms with Crippen LogP contribution in [-0.4, -0.2) is 38.5 Å². The van der Waals surface area contributed by atoms with Crippen molar-refractivity contribution in [2.75, 3.05) is 33.5 Å². The van der Waals surface area contributed by atoms with Crippen molar-refractivity contribution in [3.8, 4) is 5.75 Å². The van der Waals surface area contributed by atoms with Gasteiger partial charge >= 0.3 is 0 Å². The predicted molar refractivity (Wildman–Crippen MR) is 69.9 cm³/mol. The lowest BCUT2D eigenvalue weighted by atomic mass is 10.2. The number of hydrogen-bond donors (Lipinski definition) is 0. The average molecular weight is 247 g/mol. The van der Waals surface area contributed by atoms with Crippen molar-refractivity contribution in [3.63, 3.8) is 0 Å². The highest BCUT2D eigenvalue weighted by Crippen LogP contribution is 2.17. The number of benzene rings is 1. The third-order valence-corrected chi connectivity index (χ3v) is 2.49. The molecule has 1 heterocycles. The van der Waals surface area contributed by atoms with Crippen LogP contribution in [0.2, 0.25) is 0 Å². The highest BCUT2D eigenvalue weighted by atomic mass is 16.5. The molecule has 0 radical (unpaired) electrons. The topological polar surface area (TPSA) is 40.6 Å². The smallest absolute Gasteiger partial charge is 0.138 e. The molecule has 1 aromatic heterocycles. The van der Waals surface area contributed by atoms with E-state index in [2.05, 4.69) is 4.98 Å². The number of aromatic nitrogens is 1. The van der Waals surface area contributed by atoms with Crippen LogP contribution in [0.15, 0.2) is 36.5 Å². The highest BCUT2D eigenvalue weighted by molar-refractivity contribution is 5.79. The monoisotopic (exact) mass is 247 g/mol. The fraction of sp³-hybridized carbons (Fsp3) is 0.357. The number of pyridine rings is 1. The fourth-order valence-corrected chi connectivity index (χ4v) is 1.59. The van der Waals surface area contributed by atoms with Crippen LogP contribution in [0.25, 0.3) is 10.9 Å². The third-order valence-electron chi connectivity index (χ3n) is 2.49. The van der Waals surface area contributed by atoms with Crippen molar-refractivity contribution in [1.82, 2.24) is 4.98 Å². The summed E-state index contributed by atoms with van der Waals surface area (Å²) in [4.78, 5) is 4.32. The zero-order chi connectivity index (χ0) is 12.6. The van der Waals surface area contributed by atoms with E-state index in [-0.39, 0.29) is 0 Å². The SMILES string of the molecule is COCCOCCOc1cnc2ccccc2c1. The minimum absolute atomic E-state index is 0.518. The summed E-state index contributed by atoms with van der Waals surface area (Å²) in [5.74, 6) is 0.768. The van der Waals surface area contributed by atoms with Gasteiger partial charge in [-0.25, -0.2) is 0 Å². The maximum atomic E-state index is 5.57. The fourth-order valence-electron chi connectivity index (χ4n) is 1.59. The molecule has 2 rings (SSSR count). The maximum Gasteiger partial charge on any atom is 0.138 e. The molecule has 0 N–H and O–H groups in total. The summed E-state index contributed by atoms with van der Waals surface area (Å²) in [5, 5.41) is 1.08. The minimum Gasteiger partial charge on any atom is -0.490 e. The van der Waals surface area contributed by atoms with Gasteiger partial charge in [-0.2, -0.15) is 0 Å². The Bertz CT molecular complexity index is 487. The molecule has 4 heteroatoms. The van der Waals surface area contributed by atoms with Crippen LogP contribution in [0.4, 0.5) is 0 Å². The summed E-state index contributed by atoms with van der Waals surface area (Å²) in [6.07, 6.45) is 1.73. The predicted octanol–water partition coefficient (Wildman–Crippen LogP) is 2.28. The molecule has 0 saturated heterocycles. The van der Waals surface area contributed by atoms with E-state index < -0.39 is 0 Å². The molecule has 0 aliphatic rings. The molecule has 0 fully saturated rings. The van der Waals surface area contributed by atoms with E-state index in [0.29, 0.717) is 26.4 Å². The van der Waals surface area contributed by atoms with Crippen molar-refractivity contribution >= 4 is 10.9 Å². The molecule has 18 heavy (non-hydrogen) atoms. The van der Waals surface area contributed by atoms with E-state index in [1.54, 1.807) is 13.3 Å². The third kappa shape index (κ3) is 3.68. The van der Waals surface area contributed by atoms with E-state index in [1.807, 2.05) is 30.3 Å². The van der Waals surface area contributed by atoms with E-state index in [1.165, 1.54) is 0 Å². The number of rotatable bonds is 7. The Morgan fingerprint density at radius 1 is 1.06 bits per heavy atom. The number of methoxy groups -OCH3 is 1. The van der Waals surface area contributed by atoms with Crippen LogP contribution in [0.1, 0.15) is 0 Å². The second-order valence-electron chi connectivity index (χ2n) is 3.82. The first kappa shape index (κ1) is 12.8. The normalized spacial score (nSPS) is 10.7. The summed E-state index contributed by atoms with van der Waals surface area (Å²) in [6, 6.07) is 9.94. The lowest BCUT2D eigenvalue weighted by molar-refractivity contribution is 0.0544. The molecule has 0 bridgehead atoms. The first-order chi connectivity index (χ1) is 8.90. The molecular formula is C14H17NO3. The van der Waals surface area contributed by atoms with Crippen LogP contribution in [0, 0.1) is 0 Å². The molecule has 0 aliphatic carbocycles. The molecule has 0 aliphatic heterocycles. The minimum atomic E-state index is 0.518. The van der Waals surface area contributed by atoms with Gasteiger partial charge in [0.05, 0.1) is 31.5 Å². The van der Waals surface area contributed by atoms with E-state index in [0.717, 1.165) is 16.7 Å². The summed E-state index contributed by atoms with van der Waals surface area (Å²) in [5.41, 5.74) is 0.973. The Balaban J connectivity index is 1.81. The highest BCUT2D eigenvalue weighted by Gasteiger charge is 1.98. The number of ether oxygens (including phenoxy) is 3. The van der Waals surface area contributed by atoms with E-state index >= 15 is 0 Å². The zero-order valence-electron chi connectivity index (χ0n) is 10.5. The van der Waals surface area contributed by atoms with Gasteiger partial charge in [-0.3, -0.25) is 4.98 Å². The van der Waals surface area contributed by atoms with Crippen LogP contribution in [-0.2, 0) is 9.47 Å². The summed E-state index contributed by atoms with van der Waals surface area (Å²) < 4.78 is 15.8. The molecular weight excluding hydrogens is 230 g/mol. The molecule has 4 nitrogen and oxygen atoms in total. The standard InChI is InChI=1S/C14H17NO3/c1-16-6-7-17-8-9-18-13-10-12-4-2-3-5-14(12)15-11-13/h2-5,10-11H,6-9H2,1H3. The summed E-state index contributed by atoms with van der Waals surface area (Å²) in [7, 11) is 1.65. The van der Waals surface area contributed by atoms with Crippen LogP contribution >= 0.6 is 0 Å². The molecule has 0 atom stereocenters. The number of fused-ring (bicyclic) bond motifs is 1. The Morgan fingerprint density at radius 3 is 2.78 bits per heavy atom. The van der Waals surface area contributed by atoms with Crippen molar-refractivity contribution < 1.29 is 14.2 Å². The van der Waals surface area contributed by atoms with Crippen LogP contribution < -0.4 is 4.74 Å². The summed E-state index contributed by atoms with van der Waals surface area (Å²) >= 11 is 0. The molecule has 96 valence electrons. The van der Waals surface area contributed by atoms with Crippen molar-refractivity contribution in [2.24, 2.45) is 0 Å². The Morgan fingerprint density at radius 2 is 1.89 bits per heavy atom. The van der Waals surface area contributed by atoms with Crippen molar-refractivity contribution in [1.29, 1.82) is 0 Å². The molecule has 1 aromatic carbocycles. The largest absolute Gasteiger partial charge is 0.490 e. The van der Waals surface area contributed by atoms with Gasteiger partial charge in [0.25, 0.3) is 0 Å². The van der Waals surface area contributed by atoms with Gasteiger partial charge in [-0.05, 0) is 12.1 Å². The number of nitrogens with zero attached hydrogens (tertiary/aromatic N) is 1. The Hall–Kier alpha value is -1.65. The van der Waals surface area contributed by atoms with Gasteiger partial charge in [0.2, 0.25) is 0 Å². The number of para-hydroxylation sites is 1. The molecule has 0 saturated carbocycles. The van der Waals surface area contributed by atoms with E-state index in [9.17, 15) is 0 Å². The second-order valence-corrected chi connectivity index (χ2v) is 3.82. The number of hydrogen-bond acceptors (Lipinski definition) is 4. The van der Waals surface area contributed by atoms with Gasteiger partial charge in [0.15, 0.2) is 0 Å². The molecule has 0 spiro atoms. The van der Waals surface area contributed by atoms with Gasteiger partial charge < -0.3 is 14.2 Å².